The minimum atomic E-state index is -0.0431. The van der Waals surface area contributed by atoms with Gasteiger partial charge in [0.2, 0.25) is 0 Å². The molecule has 17 heavy (non-hydrogen) atoms. The highest BCUT2D eigenvalue weighted by Gasteiger charge is 2.28. The highest BCUT2D eigenvalue weighted by molar-refractivity contribution is 7.80. The number of nitrogens with two attached hydrogens (primary N) is 1. The fourth-order valence-electron chi connectivity index (χ4n) is 2.28. The fourth-order valence-corrected chi connectivity index (χ4v) is 2.42. The number of aromatic nitrogens is 2. The Morgan fingerprint density at radius 2 is 2.29 bits per heavy atom. The Balaban J connectivity index is 2.14. The molecule has 0 unspecified atom stereocenters. The van der Waals surface area contributed by atoms with Crippen molar-refractivity contribution in [1.82, 2.24) is 15.1 Å². The maximum atomic E-state index is 12.3. The summed E-state index contributed by atoms with van der Waals surface area (Å²) in [6.45, 7) is 0.351. The van der Waals surface area contributed by atoms with E-state index in [2.05, 4.69) is 10.2 Å². The Kier molecular flexibility index (Phi) is 3.73. The largest absolute Gasteiger partial charge is 0.392 e. The van der Waals surface area contributed by atoms with Gasteiger partial charge in [0.25, 0.3) is 5.91 Å². The van der Waals surface area contributed by atoms with Gasteiger partial charge in [0, 0.05) is 12.2 Å². The molecule has 0 saturated heterocycles. The lowest BCUT2D eigenvalue weighted by atomic mass is 10.2. The number of hydrogen-bond donors (Lipinski definition) is 2. The van der Waals surface area contributed by atoms with E-state index in [1.807, 2.05) is 0 Å². The lowest BCUT2D eigenvalue weighted by Crippen LogP contribution is -2.43. The molecule has 1 aliphatic rings. The molecule has 3 N–H and O–H groups in total. The molecule has 6 heteroatoms. The Labute approximate surface area is 105 Å². The van der Waals surface area contributed by atoms with Crippen LogP contribution in [0.3, 0.4) is 0 Å². The second-order valence-corrected chi connectivity index (χ2v) is 4.85. The quantitative estimate of drug-likeness (QED) is 0.786. The molecule has 0 aliphatic heterocycles. The molecule has 2 rings (SSSR count). The SMILES string of the molecule is NC(=S)CN(C(=O)c1cn[nH]c1)C1CCCC1. The van der Waals surface area contributed by atoms with Crippen LogP contribution in [-0.4, -0.2) is 38.6 Å². The molecule has 1 heterocycles. The van der Waals surface area contributed by atoms with Crippen molar-refractivity contribution < 1.29 is 4.79 Å². The van der Waals surface area contributed by atoms with E-state index in [0.717, 1.165) is 25.7 Å². The second-order valence-electron chi connectivity index (χ2n) is 4.32. The van der Waals surface area contributed by atoms with Gasteiger partial charge in [0.1, 0.15) is 0 Å². The predicted molar refractivity (Wildman–Crippen MR) is 68.7 cm³/mol. The van der Waals surface area contributed by atoms with Gasteiger partial charge >= 0.3 is 0 Å². The molecular formula is C11H16N4OS. The summed E-state index contributed by atoms with van der Waals surface area (Å²) in [7, 11) is 0. The van der Waals surface area contributed by atoms with Crippen LogP contribution in [0.4, 0.5) is 0 Å². The van der Waals surface area contributed by atoms with E-state index in [4.69, 9.17) is 18.0 Å². The fraction of sp³-hybridized carbons (Fsp3) is 0.545. The first-order valence-corrected chi connectivity index (χ1v) is 6.17. The third-order valence-corrected chi connectivity index (χ3v) is 3.23. The minimum Gasteiger partial charge on any atom is -0.392 e. The van der Waals surface area contributed by atoms with E-state index >= 15 is 0 Å². The van der Waals surface area contributed by atoms with Crippen LogP contribution < -0.4 is 5.73 Å². The van der Waals surface area contributed by atoms with Gasteiger partial charge in [-0.15, -0.1) is 0 Å². The summed E-state index contributed by atoms with van der Waals surface area (Å²) in [5.41, 5.74) is 6.13. The van der Waals surface area contributed by atoms with Crippen LogP contribution in [0.1, 0.15) is 36.0 Å². The lowest BCUT2D eigenvalue weighted by Gasteiger charge is -2.28. The zero-order chi connectivity index (χ0) is 12.3. The number of H-pyrrole nitrogens is 1. The number of aromatic amines is 1. The third kappa shape index (κ3) is 2.82. The number of amides is 1. The number of rotatable bonds is 4. The van der Waals surface area contributed by atoms with Crippen molar-refractivity contribution in [2.75, 3.05) is 6.54 Å². The average molecular weight is 252 g/mol. The molecule has 0 aromatic carbocycles. The van der Waals surface area contributed by atoms with E-state index < -0.39 is 0 Å². The lowest BCUT2D eigenvalue weighted by molar-refractivity contribution is 0.0715. The second kappa shape index (κ2) is 5.27. The van der Waals surface area contributed by atoms with Crippen LogP contribution in [0.25, 0.3) is 0 Å². The zero-order valence-corrected chi connectivity index (χ0v) is 10.4. The van der Waals surface area contributed by atoms with E-state index in [0.29, 0.717) is 17.1 Å². The maximum absolute atomic E-state index is 12.3. The molecule has 0 atom stereocenters. The summed E-state index contributed by atoms with van der Waals surface area (Å²) in [5, 5.41) is 6.44. The molecule has 0 spiro atoms. The Hall–Kier alpha value is -1.43. The summed E-state index contributed by atoms with van der Waals surface area (Å²) in [6.07, 6.45) is 7.53. The molecule has 0 radical (unpaired) electrons. The highest BCUT2D eigenvalue weighted by atomic mass is 32.1. The van der Waals surface area contributed by atoms with Gasteiger partial charge in [0.15, 0.2) is 0 Å². The van der Waals surface area contributed by atoms with Gasteiger partial charge in [-0.2, -0.15) is 5.10 Å². The standard InChI is InChI=1S/C11H16N4OS/c12-10(17)7-15(9-3-1-2-4-9)11(16)8-5-13-14-6-8/h5-6,9H,1-4,7H2,(H2,12,17)(H,13,14). The van der Waals surface area contributed by atoms with Crippen LogP contribution in [0.2, 0.25) is 0 Å². The molecule has 1 amide bonds. The van der Waals surface area contributed by atoms with Gasteiger partial charge < -0.3 is 10.6 Å². The van der Waals surface area contributed by atoms with Gasteiger partial charge in [-0.3, -0.25) is 9.89 Å². The average Bonchev–Trinajstić information content (AvgIpc) is 2.96. The molecule has 1 aromatic heterocycles. The van der Waals surface area contributed by atoms with Crippen molar-refractivity contribution in [3.05, 3.63) is 18.0 Å². The first-order valence-electron chi connectivity index (χ1n) is 5.76. The predicted octanol–water partition coefficient (Wildman–Crippen LogP) is 1.08. The van der Waals surface area contributed by atoms with Gasteiger partial charge in [-0.1, -0.05) is 25.1 Å². The number of thiocarbonyl (C=S) groups is 1. The molecule has 1 aromatic rings. The van der Waals surface area contributed by atoms with Gasteiger partial charge in [0.05, 0.1) is 23.3 Å². The normalized spacial score (nSPS) is 16.0. The molecule has 1 aliphatic carbocycles. The molecule has 1 fully saturated rings. The molecule has 0 bridgehead atoms. The highest BCUT2D eigenvalue weighted by Crippen LogP contribution is 2.24. The van der Waals surface area contributed by atoms with Crippen LogP contribution in [0.5, 0.6) is 0 Å². The number of carbonyl (C=O) groups is 1. The van der Waals surface area contributed by atoms with Crippen LogP contribution in [0.15, 0.2) is 12.4 Å². The smallest absolute Gasteiger partial charge is 0.257 e. The number of carbonyl (C=O) groups excluding carboxylic acids is 1. The van der Waals surface area contributed by atoms with E-state index in [9.17, 15) is 4.79 Å². The summed E-state index contributed by atoms with van der Waals surface area (Å²) in [4.78, 5) is 14.4. The maximum Gasteiger partial charge on any atom is 0.257 e. The molecule has 92 valence electrons. The van der Waals surface area contributed by atoms with Crippen molar-refractivity contribution in [3.63, 3.8) is 0 Å². The summed E-state index contributed by atoms with van der Waals surface area (Å²) >= 11 is 4.92. The van der Waals surface area contributed by atoms with Crippen molar-refractivity contribution in [2.45, 2.75) is 31.7 Å². The van der Waals surface area contributed by atoms with Gasteiger partial charge in [-0.05, 0) is 12.8 Å². The van der Waals surface area contributed by atoms with Crippen LogP contribution in [-0.2, 0) is 0 Å². The Morgan fingerprint density at radius 3 is 2.82 bits per heavy atom. The monoisotopic (exact) mass is 252 g/mol. The first-order chi connectivity index (χ1) is 8.18. The Bertz CT molecular complexity index is 398. The number of nitrogens with zero attached hydrogens (tertiary/aromatic N) is 2. The number of hydrogen-bond acceptors (Lipinski definition) is 3. The van der Waals surface area contributed by atoms with E-state index in [-0.39, 0.29) is 11.9 Å². The first kappa shape index (κ1) is 12.0. The Morgan fingerprint density at radius 1 is 1.59 bits per heavy atom. The third-order valence-electron chi connectivity index (χ3n) is 3.10. The van der Waals surface area contributed by atoms with E-state index in [1.165, 1.54) is 6.20 Å². The van der Waals surface area contributed by atoms with E-state index in [1.54, 1.807) is 11.1 Å². The molecule has 1 saturated carbocycles. The van der Waals surface area contributed by atoms with Crippen molar-refractivity contribution in [3.8, 4) is 0 Å². The van der Waals surface area contributed by atoms with Crippen LogP contribution in [0, 0.1) is 0 Å². The molecule has 5 nitrogen and oxygen atoms in total. The summed E-state index contributed by atoms with van der Waals surface area (Å²) in [5.74, 6) is -0.0431. The zero-order valence-electron chi connectivity index (χ0n) is 9.56. The van der Waals surface area contributed by atoms with Gasteiger partial charge in [-0.25, -0.2) is 0 Å². The van der Waals surface area contributed by atoms with Crippen molar-refractivity contribution in [2.24, 2.45) is 5.73 Å². The summed E-state index contributed by atoms with van der Waals surface area (Å²) < 4.78 is 0. The van der Waals surface area contributed by atoms with Crippen molar-refractivity contribution >= 4 is 23.1 Å². The topological polar surface area (TPSA) is 75.0 Å². The molecular weight excluding hydrogens is 236 g/mol. The minimum absolute atomic E-state index is 0.0431. The van der Waals surface area contributed by atoms with Crippen molar-refractivity contribution in [1.29, 1.82) is 0 Å². The van der Waals surface area contributed by atoms with Crippen LogP contribution >= 0.6 is 12.2 Å². The number of nitrogens with one attached hydrogen (secondary N) is 1. The summed E-state index contributed by atoms with van der Waals surface area (Å²) in [6, 6.07) is 0.263.